The molecule has 0 aliphatic carbocycles. The SMILES string of the molecule is COc1cc(C)cc(OC)c1CCCCCNC(=O)C(Cc1ccc(O)cc1)NC(=O)c1cc2ccccc2n1CC(=O)O. The van der Waals surface area contributed by atoms with Crippen molar-refractivity contribution >= 4 is 28.7 Å². The van der Waals surface area contributed by atoms with E-state index in [2.05, 4.69) is 10.6 Å². The Morgan fingerprint density at radius 3 is 2.25 bits per heavy atom. The Morgan fingerprint density at radius 2 is 1.59 bits per heavy atom. The van der Waals surface area contributed by atoms with Crippen molar-refractivity contribution in [3.05, 3.63) is 89.1 Å². The first-order valence-corrected chi connectivity index (χ1v) is 14.6. The molecule has 0 saturated heterocycles. The number of unbranched alkanes of at least 4 members (excludes halogenated alkanes) is 2. The molecule has 4 N–H and O–H groups in total. The van der Waals surface area contributed by atoms with E-state index in [0.29, 0.717) is 12.1 Å². The summed E-state index contributed by atoms with van der Waals surface area (Å²) >= 11 is 0. The highest BCUT2D eigenvalue weighted by Gasteiger charge is 2.25. The fraction of sp³-hybridized carbons (Fsp3) is 0.324. The first-order valence-electron chi connectivity index (χ1n) is 14.6. The summed E-state index contributed by atoms with van der Waals surface area (Å²) in [4.78, 5) is 38.4. The number of phenols is 1. The number of hydrogen-bond donors (Lipinski definition) is 4. The monoisotopic (exact) mass is 601 g/mol. The lowest BCUT2D eigenvalue weighted by atomic mass is 10.0. The number of nitrogens with one attached hydrogen (secondary N) is 2. The number of aromatic nitrogens is 1. The number of aromatic hydroxyl groups is 1. The molecule has 1 aromatic heterocycles. The quantitative estimate of drug-likeness (QED) is 0.146. The Balaban J connectivity index is 1.41. The van der Waals surface area contributed by atoms with Crippen molar-refractivity contribution in [2.75, 3.05) is 20.8 Å². The number of fused-ring (bicyclic) bond motifs is 1. The molecule has 232 valence electrons. The molecule has 0 spiro atoms. The number of benzene rings is 3. The third-order valence-corrected chi connectivity index (χ3v) is 7.49. The normalized spacial score (nSPS) is 11.6. The maximum atomic E-state index is 13.5. The number of carbonyl (C=O) groups excluding carboxylic acids is 2. The van der Waals surface area contributed by atoms with Crippen molar-refractivity contribution in [2.24, 2.45) is 0 Å². The lowest BCUT2D eigenvalue weighted by Crippen LogP contribution is -2.48. The van der Waals surface area contributed by atoms with Gasteiger partial charge in [-0.3, -0.25) is 14.4 Å². The smallest absolute Gasteiger partial charge is 0.323 e. The van der Waals surface area contributed by atoms with Crippen molar-refractivity contribution < 1.29 is 34.1 Å². The fourth-order valence-corrected chi connectivity index (χ4v) is 5.31. The Morgan fingerprint density at radius 1 is 0.909 bits per heavy atom. The van der Waals surface area contributed by atoms with Gasteiger partial charge in [-0.2, -0.15) is 0 Å². The number of carboxylic acids is 1. The van der Waals surface area contributed by atoms with E-state index in [1.165, 1.54) is 16.7 Å². The van der Waals surface area contributed by atoms with Crippen LogP contribution in [0.15, 0.2) is 66.7 Å². The van der Waals surface area contributed by atoms with Crippen LogP contribution in [0.4, 0.5) is 0 Å². The van der Waals surface area contributed by atoms with Gasteiger partial charge in [-0.1, -0.05) is 36.8 Å². The number of para-hydroxylation sites is 1. The van der Waals surface area contributed by atoms with E-state index < -0.39 is 24.5 Å². The van der Waals surface area contributed by atoms with Gasteiger partial charge in [-0.15, -0.1) is 0 Å². The molecular weight excluding hydrogens is 562 g/mol. The van der Waals surface area contributed by atoms with Crippen LogP contribution in [0.5, 0.6) is 17.2 Å². The number of rotatable bonds is 15. The Kier molecular flexibility index (Phi) is 10.9. The topological polar surface area (TPSA) is 139 Å². The van der Waals surface area contributed by atoms with Crippen molar-refractivity contribution in [1.29, 1.82) is 0 Å². The fourth-order valence-electron chi connectivity index (χ4n) is 5.31. The molecule has 4 aromatic rings. The minimum atomic E-state index is -1.09. The molecular formula is C34H39N3O7. The lowest BCUT2D eigenvalue weighted by molar-refractivity contribution is -0.137. The molecule has 0 saturated carbocycles. The van der Waals surface area contributed by atoms with Gasteiger partial charge < -0.3 is 34.9 Å². The largest absolute Gasteiger partial charge is 0.508 e. The Bertz CT molecular complexity index is 1590. The van der Waals surface area contributed by atoms with E-state index in [1.54, 1.807) is 50.6 Å². The molecule has 1 heterocycles. The summed E-state index contributed by atoms with van der Waals surface area (Å²) in [7, 11) is 3.29. The summed E-state index contributed by atoms with van der Waals surface area (Å²) < 4.78 is 12.5. The van der Waals surface area contributed by atoms with E-state index in [-0.39, 0.29) is 23.8 Å². The van der Waals surface area contributed by atoms with Crippen LogP contribution in [0, 0.1) is 6.92 Å². The summed E-state index contributed by atoms with van der Waals surface area (Å²) in [6, 6.07) is 18.2. The van der Waals surface area contributed by atoms with Crippen molar-refractivity contribution in [2.45, 2.75) is 51.6 Å². The zero-order chi connectivity index (χ0) is 31.6. The van der Waals surface area contributed by atoms with Crippen LogP contribution in [-0.4, -0.2) is 59.4 Å². The number of amides is 2. The van der Waals surface area contributed by atoms with Gasteiger partial charge in [0.15, 0.2) is 0 Å². The average molecular weight is 602 g/mol. The van der Waals surface area contributed by atoms with Crippen LogP contribution in [0.25, 0.3) is 10.9 Å². The van der Waals surface area contributed by atoms with Gasteiger partial charge in [0.2, 0.25) is 5.91 Å². The van der Waals surface area contributed by atoms with Crippen LogP contribution < -0.4 is 20.1 Å². The summed E-state index contributed by atoms with van der Waals surface area (Å²) in [6.45, 7) is 2.01. The van der Waals surface area contributed by atoms with Crippen LogP contribution in [0.3, 0.4) is 0 Å². The molecule has 1 unspecified atom stereocenters. The minimum Gasteiger partial charge on any atom is -0.508 e. The molecule has 2 amide bonds. The van der Waals surface area contributed by atoms with Crippen LogP contribution in [0.1, 0.15) is 46.4 Å². The number of phenolic OH excluding ortho intramolecular Hbond substituents is 1. The number of methoxy groups -OCH3 is 2. The first-order chi connectivity index (χ1) is 21.2. The number of nitrogens with zero attached hydrogens (tertiary/aromatic N) is 1. The molecule has 4 rings (SSSR count). The average Bonchev–Trinajstić information content (AvgIpc) is 3.37. The molecule has 3 aromatic carbocycles. The third-order valence-electron chi connectivity index (χ3n) is 7.49. The Hall–Kier alpha value is -4.99. The summed E-state index contributed by atoms with van der Waals surface area (Å²) in [5, 5.41) is 25.6. The minimum absolute atomic E-state index is 0.0952. The van der Waals surface area contributed by atoms with Gasteiger partial charge in [0.25, 0.3) is 5.91 Å². The second-order valence-electron chi connectivity index (χ2n) is 10.7. The number of carboxylic acid groups (broad SMARTS) is 1. The zero-order valence-electron chi connectivity index (χ0n) is 25.3. The number of aliphatic carboxylic acids is 1. The van der Waals surface area contributed by atoms with Crippen LogP contribution >= 0.6 is 0 Å². The maximum Gasteiger partial charge on any atom is 0.323 e. The van der Waals surface area contributed by atoms with Crippen LogP contribution in [0.2, 0.25) is 0 Å². The van der Waals surface area contributed by atoms with Gasteiger partial charge in [0.05, 0.1) is 14.2 Å². The molecule has 1 atom stereocenters. The maximum absolute atomic E-state index is 13.5. The van der Waals surface area contributed by atoms with Crippen molar-refractivity contribution in [3.63, 3.8) is 0 Å². The van der Waals surface area contributed by atoms with Crippen molar-refractivity contribution in [3.8, 4) is 17.2 Å². The Labute approximate surface area is 256 Å². The molecule has 0 aliphatic heterocycles. The molecule has 44 heavy (non-hydrogen) atoms. The van der Waals surface area contributed by atoms with E-state index >= 15 is 0 Å². The van der Waals surface area contributed by atoms with Gasteiger partial charge in [-0.05, 0) is 73.7 Å². The highest BCUT2D eigenvalue weighted by atomic mass is 16.5. The third kappa shape index (κ3) is 8.09. The van der Waals surface area contributed by atoms with Gasteiger partial charge in [0.1, 0.15) is 35.5 Å². The second-order valence-corrected chi connectivity index (χ2v) is 10.7. The van der Waals surface area contributed by atoms with E-state index in [1.807, 2.05) is 25.1 Å². The van der Waals surface area contributed by atoms with Crippen LogP contribution in [-0.2, 0) is 29.0 Å². The molecule has 10 heteroatoms. The summed E-state index contributed by atoms with van der Waals surface area (Å²) in [5.74, 6) is -0.303. The van der Waals surface area contributed by atoms with Crippen molar-refractivity contribution in [1.82, 2.24) is 15.2 Å². The first kappa shape index (κ1) is 31.9. The highest BCUT2D eigenvalue weighted by Crippen LogP contribution is 2.32. The number of hydrogen-bond acceptors (Lipinski definition) is 6. The lowest BCUT2D eigenvalue weighted by Gasteiger charge is -2.19. The van der Waals surface area contributed by atoms with Gasteiger partial charge in [0, 0.05) is 29.4 Å². The molecule has 0 aliphatic rings. The van der Waals surface area contributed by atoms with E-state index in [4.69, 9.17) is 9.47 Å². The predicted molar refractivity (Wildman–Crippen MR) is 167 cm³/mol. The van der Waals surface area contributed by atoms with E-state index in [9.17, 15) is 24.6 Å². The molecule has 10 nitrogen and oxygen atoms in total. The molecule has 0 radical (unpaired) electrons. The highest BCUT2D eigenvalue weighted by molar-refractivity contribution is 6.01. The molecule has 0 fully saturated rings. The number of ether oxygens (including phenoxy) is 2. The number of carbonyl (C=O) groups is 3. The van der Waals surface area contributed by atoms with Gasteiger partial charge >= 0.3 is 5.97 Å². The number of aryl methyl sites for hydroxylation is 1. The standard InChI is InChI=1S/C34H39N3O7/c1-22-17-30(43-2)26(31(18-22)44-3)10-5-4-8-16-35-33(41)27(19-23-12-14-25(38)15-13-23)36-34(42)29-20-24-9-6-7-11-28(24)37(29)21-32(39)40/h6-7,9,11-15,17-18,20,27,38H,4-5,8,10,16,19,21H2,1-3H3,(H,35,41)(H,36,42)(H,39,40). The summed E-state index contributed by atoms with van der Waals surface area (Å²) in [6.07, 6.45) is 3.40. The second kappa shape index (κ2) is 15.0. The van der Waals surface area contributed by atoms with E-state index in [0.717, 1.165) is 59.3 Å². The zero-order valence-corrected chi connectivity index (χ0v) is 25.3. The summed E-state index contributed by atoms with van der Waals surface area (Å²) in [5.41, 5.74) is 3.58. The van der Waals surface area contributed by atoms with Gasteiger partial charge in [-0.25, -0.2) is 0 Å². The molecule has 0 bridgehead atoms. The predicted octanol–water partition coefficient (Wildman–Crippen LogP) is 4.63.